The molecule has 1 heterocycles. The fourth-order valence-electron chi connectivity index (χ4n) is 0.961. The quantitative estimate of drug-likeness (QED) is 0.637. The minimum Gasteiger partial charge on any atom is -0.363 e. The highest BCUT2D eigenvalue weighted by molar-refractivity contribution is 5.92. The molecular formula is C9H13N3O. The Morgan fingerprint density at radius 1 is 1.38 bits per heavy atom. The molecule has 70 valence electrons. The summed E-state index contributed by atoms with van der Waals surface area (Å²) in [5.74, 6) is 1.35. The number of carbonyl (C=O) groups excluding carboxylic acids is 1. The minimum absolute atomic E-state index is 0.0337. The van der Waals surface area contributed by atoms with Gasteiger partial charge in [0.25, 0.3) is 0 Å². The van der Waals surface area contributed by atoms with Crippen molar-refractivity contribution in [3.8, 4) is 0 Å². The van der Waals surface area contributed by atoms with Gasteiger partial charge in [-0.2, -0.15) is 0 Å². The molecule has 4 nitrogen and oxygen atoms in total. The van der Waals surface area contributed by atoms with E-state index in [2.05, 4.69) is 9.97 Å². The number of anilines is 1. The van der Waals surface area contributed by atoms with Crippen LogP contribution in [0.2, 0.25) is 0 Å². The van der Waals surface area contributed by atoms with E-state index in [9.17, 15) is 4.79 Å². The average molecular weight is 179 g/mol. The molecule has 0 aromatic carbocycles. The standard InChI is InChI=1S/C9H13N3O/c1-6(13)8-5-9(12(3)4)11-7(2)10-8/h5H,1-4H3. The van der Waals surface area contributed by atoms with Gasteiger partial charge in [0.05, 0.1) is 0 Å². The predicted molar refractivity (Wildman–Crippen MR) is 51.1 cm³/mol. The fraction of sp³-hybridized carbons (Fsp3) is 0.444. The zero-order chi connectivity index (χ0) is 10.0. The molecule has 0 aliphatic rings. The summed E-state index contributed by atoms with van der Waals surface area (Å²) in [5.41, 5.74) is 0.469. The van der Waals surface area contributed by atoms with E-state index in [1.807, 2.05) is 19.0 Å². The Bertz CT molecular complexity index is 334. The molecule has 13 heavy (non-hydrogen) atoms. The summed E-state index contributed by atoms with van der Waals surface area (Å²) in [4.78, 5) is 21.1. The monoisotopic (exact) mass is 179 g/mol. The molecular weight excluding hydrogens is 166 g/mol. The predicted octanol–water partition coefficient (Wildman–Crippen LogP) is 1.05. The van der Waals surface area contributed by atoms with Crippen LogP contribution in [0.25, 0.3) is 0 Å². The lowest BCUT2D eigenvalue weighted by atomic mass is 10.3. The van der Waals surface area contributed by atoms with E-state index in [1.165, 1.54) is 6.92 Å². The number of aromatic nitrogens is 2. The van der Waals surface area contributed by atoms with Crippen LogP contribution in [0.5, 0.6) is 0 Å². The zero-order valence-corrected chi connectivity index (χ0v) is 8.33. The number of ketones is 1. The van der Waals surface area contributed by atoms with Crippen LogP contribution in [0.4, 0.5) is 5.82 Å². The number of hydrogen-bond acceptors (Lipinski definition) is 4. The zero-order valence-electron chi connectivity index (χ0n) is 8.33. The molecule has 0 unspecified atom stereocenters. The highest BCUT2D eigenvalue weighted by Crippen LogP contribution is 2.09. The van der Waals surface area contributed by atoms with E-state index in [0.29, 0.717) is 11.5 Å². The van der Waals surface area contributed by atoms with E-state index >= 15 is 0 Å². The third-order valence-electron chi connectivity index (χ3n) is 1.64. The van der Waals surface area contributed by atoms with Gasteiger partial charge in [0, 0.05) is 27.1 Å². The van der Waals surface area contributed by atoms with Gasteiger partial charge < -0.3 is 4.90 Å². The molecule has 1 aromatic heterocycles. The first kappa shape index (κ1) is 9.64. The van der Waals surface area contributed by atoms with Crippen LogP contribution in [0, 0.1) is 6.92 Å². The second-order valence-electron chi connectivity index (χ2n) is 3.11. The molecule has 0 N–H and O–H groups in total. The van der Waals surface area contributed by atoms with Gasteiger partial charge in [-0.05, 0) is 6.92 Å². The van der Waals surface area contributed by atoms with Crippen molar-refractivity contribution in [1.29, 1.82) is 0 Å². The van der Waals surface area contributed by atoms with Crippen LogP contribution in [0.1, 0.15) is 23.2 Å². The lowest BCUT2D eigenvalue weighted by Crippen LogP contribution is -2.13. The lowest BCUT2D eigenvalue weighted by molar-refractivity contribution is 0.101. The Labute approximate surface area is 77.6 Å². The van der Waals surface area contributed by atoms with Gasteiger partial charge >= 0.3 is 0 Å². The van der Waals surface area contributed by atoms with Gasteiger partial charge in [-0.25, -0.2) is 9.97 Å². The number of rotatable bonds is 2. The number of aryl methyl sites for hydroxylation is 1. The summed E-state index contributed by atoms with van der Waals surface area (Å²) < 4.78 is 0. The molecule has 0 amide bonds. The van der Waals surface area contributed by atoms with Gasteiger partial charge in [0.15, 0.2) is 5.78 Å². The smallest absolute Gasteiger partial charge is 0.178 e. The Morgan fingerprint density at radius 2 is 2.00 bits per heavy atom. The maximum absolute atomic E-state index is 11.1. The minimum atomic E-state index is -0.0337. The van der Waals surface area contributed by atoms with Crippen molar-refractivity contribution in [3.05, 3.63) is 17.6 Å². The molecule has 0 aliphatic carbocycles. The van der Waals surface area contributed by atoms with Crippen LogP contribution < -0.4 is 4.90 Å². The van der Waals surface area contributed by atoms with Crippen LogP contribution in [0.3, 0.4) is 0 Å². The van der Waals surface area contributed by atoms with Crippen LogP contribution >= 0.6 is 0 Å². The van der Waals surface area contributed by atoms with E-state index in [-0.39, 0.29) is 5.78 Å². The second-order valence-corrected chi connectivity index (χ2v) is 3.11. The molecule has 0 bridgehead atoms. The maximum atomic E-state index is 11.1. The largest absolute Gasteiger partial charge is 0.363 e. The van der Waals surface area contributed by atoms with Crippen molar-refractivity contribution in [2.45, 2.75) is 13.8 Å². The van der Waals surface area contributed by atoms with E-state index in [1.54, 1.807) is 13.0 Å². The molecule has 0 aliphatic heterocycles. The van der Waals surface area contributed by atoms with Crippen molar-refractivity contribution in [2.24, 2.45) is 0 Å². The van der Waals surface area contributed by atoms with Gasteiger partial charge in [-0.15, -0.1) is 0 Å². The fourth-order valence-corrected chi connectivity index (χ4v) is 0.961. The van der Waals surface area contributed by atoms with Crippen LogP contribution in [-0.4, -0.2) is 29.8 Å². The van der Waals surface area contributed by atoms with Gasteiger partial charge in [0.2, 0.25) is 0 Å². The highest BCUT2D eigenvalue weighted by Gasteiger charge is 2.06. The van der Waals surface area contributed by atoms with Gasteiger partial charge in [-0.3, -0.25) is 4.79 Å². The number of carbonyl (C=O) groups is 1. The normalized spacial score (nSPS) is 9.85. The molecule has 0 radical (unpaired) electrons. The molecule has 4 heteroatoms. The van der Waals surface area contributed by atoms with Crippen molar-refractivity contribution in [1.82, 2.24) is 9.97 Å². The summed E-state index contributed by atoms with van der Waals surface area (Å²) in [6.45, 7) is 3.28. The lowest BCUT2D eigenvalue weighted by Gasteiger charge is -2.11. The Hall–Kier alpha value is -1.45. The molecule has 1 rings (SSSR count). The Balaban J connectivity index is 3.19. The SMILES string of the molecule is CC(=O)c1cc(N(C)C)nc(C)n1. The van der Waals surface area contributed by atoms with Crippen molar-refractivity contribution in [2.75, 3.05) is 19.0 Å². The summed E-state index contributed by atoms with van der Waals surface area (Å²) in [6.07, 6.45) is 0. The molecule has 0 atom stereocenters. The molecule has 0 saturated carbocycles. The first-order valence-corrected chi connectivity index (χ1v) is 4.04. The number of hydrogen-bond donors (Lipinski definition) is 0. The third-order valence-corrected chi connectivity index (χ3v) is 1.64. The van der Waals surface area contributed by atoms with Crippen LogP contribution in [-0.2, 0) is 0 Å². The number of nitrogens with zero attached hydrogens (tertiary/aromatic N) is 3. The van der Waals surface area contributed by atoms with E-state index in [4.69, 9.17) is 0 Å². The second kappa shape index (κ2) is 3.51. The Morgan fingerprint density at radius 3 is 2.46 bits per heavy atom. The Kier molecular flexibility index (Phi) is 2.60. The van der Waals surface area contributed by atoms with E-state index in [0.717, 1.165) is 5.82 Å². The van der Waals surface area contributed by atoms with E-state index < -0.39 is 0 Å². The van der Waals surface area contributed by atoms with Crippen molar-refractivity contribution >= 4 is 11.6 Å². The first-order valence-electron chi connectivity index (χ1n) is 4.04. The maximum Gasteiger partial charge on any atom is 0.178 e. The summed E-state index contributed by atoms with van der Waals surface area (Å²) >= 11 is 0. The van der Waals surface area contributed by atoms with Gasteiger partial charge in [-0.1, -0.05) is 0 Å². The average Bonchev–Trinajstić information content (AvgIpc) is 2.03. The topological polar surface area (TPSA) is 46.1 Å². The summed E-state index contributed by atoms with van der Waals surface area (Å²) in [6, 6.07) is 1.69. The van der Waals surface area contributed by atoms with Crippen LogP contribution in [0.15, 0.2) is 6.07 Å². The summed E-state index contributed by atoms with van der Waals surface area (Å²) in [7, 11) is 3.76. The molecule has 0 fully saturated rings. The van der Waals surface area contributed by atoms with Crippen molar-refractivity contribution < 1.29 is 4.79 Å². The highest BCUT2D eigenvalue weighted by atomic mass is 16.1. The molecule has 1 aromatic rings. The molecule has 0 spiro atoms. The number of Topliss-reactive ketones (excluding diaryl/α,β-unsaturated/α-hetero) is 1. The molecule has 0 saturated heterocycles. The first-order chi connectivity index (χ1) is 6.00. The van der Waals surface area contributed by atoms with Crippen molar-refractivity contribution in [3.63, 3.8) is 0 Å². The van der Waals surface area contributed by atoms with Gasteiger partial charge in [0.1, 0.15) is 17.3 Å². The third kappa shape index (κ3) is 2.24. The summed E-state index contributed by atoms with van der Waals surface area (Å²) in [5, 5.41) is 0.